The third-order valence-electron chi connectivity index (χ3n) is 4.28. The van der Waals surface area contributed by atoms with E-state index >= 15 is 0 Å². The maximum atomic E-state index is 12.6. The average molecular weight is 272 g/mol. The van der Waals surface area contributed by atoms with Crippen LogP contribution in [0, 0.1) is 11.3 Å². The number of carbonyl (C=O) groups is 1. The molecule has 18 heavy (non-hydrogen) atoms. The van der Waals surface area contributed by atoms with Crippen LogP contribution < -0.4 is 5.73 Å². The van der Waals surface area contributed by atoms with Gasteiger partial charge in [0.15, 0.2) is 0 Å². The monoisotopic (exact) mass is 272 g/mol. The fourth-order valence-corrected chi connectivity index (χ4v) is 3.05. The fraction of sp³-hybridized carbons (Fsp3) is 0.846. The van der Waals surface area contributed by atoms with Gasteiger partial charge in [-0.3, -0.25) is 4.79 Å². The van der Waals surface area contributed by atoms with Crippen molar-refractivity contribution in [2.24, 2.45) is 17.1 Å². The number of hydrogen-bond acceptors (Lipinski definition) is 3. The lowest BCUT2D eigenvalue weighted by Gasteiger charge is -2.33. The minimum atomic E-state index is -0.705. The molecule has 1 amide bonds. The van der Waals surface area contributed by atoms with Crippen molar-refractivity contribution in [2.75, 3.05) is 13.1 Å². The smallest absolute Gasteiger partial charge is 0.235 e. The van der Waals surface area contributed by atoms with Crippen molar-refractivity contribution >= 4 is 23.1 Å². The normalized spacial score (nSPS) is 22.0. The van der Waals surface area contributed by atoms with Gasteiger partial charge in [-0.05, 0) is 26.2 Å². The molecule has 1 fully saturated rings. The Kier molecular flexibility index (Phi) is 5.10. The number of thiocarbonyl (C=S) groups is 1. The molecule has 3 N–H and O–H groups in total. The maximum Gasteiger partial charge on any atom is 0.235 e. The summed E-state index contributed by atoms with van der Waals surface area (Å²) in [6, 6.07) is 0. The Morgan fingerprint density at radius 1 is 1.56 bits per heavy atom. The Labute approximate surface area is 115 Å². The number of nitrogens with zero attached hydrogens (tertiary/aromatic N) is 1. The van der Waals surface area contributed by atoms with Crippen molar-refractivity contribution in [1.29, 1.82) is 0 Å². The van der Waals surface area contributed by atoms with E-state index in [0.717, 1.165) is 6.42 Å². The molecule has 1 aliphatic heterocycles. The summed E-state index contributed by atoms with van der Waals surface area (Å²) in [5.74, 6) is 0.204. The summed E-state index contributed by atoms with van der Waals surface area (Å²) in [6.45, 7) is 6.98. The quantitative estimate of drug-likeness (QED) is 0.741. The molecular weight excluding hydrogens is 248 g/mol. The number of nitrogens with two attached hydrogens (primary N) is 1. The van der Waals surface area contributed by atoms with Crippen molar-refractivity contribution < 1.29 is 9.90 Å². The predicted octanol–water partition coefficient (Wildman–Crippen LogP) is 1.31. The molecule has 104 valence electrons. The van der Waals surface area contributed by atoms with E-state index in [1.54, 1.807) is 6.92 Å². The topological polar surface area (TPSA) is 66.6 Å². The van der Waals surface area contributed by atoms with Crippen LogP contribution in [0.2, 0.25) is 0 Å². The molecule has 0 saturated carbocycles. The van der Waals surface area contributed by atoms with E-state index in [9.17, 15) is 9.90 Å². The summed E-state index contributed by atoms with van der Waals surface area (Å²) in [5, 5.41) is 9.59. The second kappa shape index (κ2) is 5.97. The Bertz CT molecular complexity index is 327. The number of amides is 1. The molecule has 1 saturated heterocycles. The van der Waals surface area contributed by atoms with Gasteiger partial charge in [-0.15, -0.1) is 0 Å². The largest absolute Gasteiger partial charge is 0.393 e. The van der Waals surface area contributed by atoms with E-state index in [-0.39, 0.29) is 22.9 Å². The Morgan fingerprint density at radius 2 is 2.11 bits per heavy atom. The number of aliphatic hydroxyl groups excluding tert-OH is 1. The summed E-state index contributed by atoms with van der Waals surface area (Å²) in [5.41, 5.74) is 5.08. The van der Waals surface area contributed by atoms with Gasteiger partial charge in [0.05, 0.1) is 16.5 Å². The van der Waals surface area contributed by atoms with E-state index in [1.807, 2.05) is 18.7 Å². The molecule has 1 rings (SSSR count). The number of carbonyl (C=O) groups excluding carboxylic acids is 1. The van der Waals surface area contributed by atoms with Gasteiger partial charge in [-0.25, -0.2) is 0 Å². The molecule has 1 aliphatic rings. The van der Waals surface area contributed by atoms with Crippen molar-refractivity contribution in [2.45, 2.75) is 46.1 Å². The zero-order valence-electron chi connectivity index (χ0n) is 11.5. The number of rotatable bonds is 5. The molecule has 0 aliphatic carbocycles. The molecule has 1 heterocycles. The first-order chi connectivity index (χ1) is 8.39. The molecule has 0 aromatic carbocycles. The SMILES string of the molecule is CCC(CC)(C(=O)N1CCC(C(C)O)C1)C(N)=S. The van der Waals surface area contributed by atoms with E-state index in [2.05, 4.69) is 0 Å². The second-order valence-electron chi connectivity index (χ2n) is 5.19. The highest BCUT2D eigenvalue weighted by atomic mass is 32.1. The Hall–Kier alpha value is -0.680. The first kappa shape index (κ1) is 15.4. The van der Waals surface area contributed by atoms with Crippen LogP contribution in [0.1, 0.15) is 40.0 Å². The second-order valence-corrected chi connectivity index (χ2v) is 5.63. The van der Waals surface area contributed by atoms with Gasteiger partial charge in [0, 0.05) is 19.0 Å². The summed E-state index contributed by atoms with van der Waals surface area (Å²) in [7, 11) is 0. The van der Waals surface area contributed by atoms with Gasteiger partial charge in [0.25, 0.3) is 0 Å². The molecular formula is C13H24N2O2S. The molecule has 2 atom stereocenters. The van der Waals surface area contributed by atoms with Crippen molar-refractivity contribution in [1.82, 2.24) is 4.90 Å². The van der Waals surface area contributed by atoms with Gasteiger partial charge in [0.2, 0.25) is 5.91 Å². The molecule has 0 radical (unpaired) electrons. The van der Waals surface area contributed by atoms with Crippen LogP contribution in [0.15, 0.2) is 0 Å². The Morgan fingerprint density at radius 3 is 2.44 bits per heavy atom. The van der Waals surface area contributed by atoms with E-state index < -0.39 is 5.41 Å². The fourth-order valence-electron chi connectivity index (χ4n) is 2.67. The average Bonchev–Trinajstić information content (AvgIpc) is 2.80. The lowest BCUT2D eigenvalue weighted by molar-refractivity contribution is -0.137. The molecule has 0 spiro atoms. The lowest BCUT2D eigenvalue weighted by atomic mass is 9.80. The summed E-state index contributed by atoms with van der Waals surface area (Å²) in [6.07, 6.45) is 1.75. The van der Waals surface area contributed by atoms with Crippen LogP contribution in [0.3, 0.4) is 0 Å². The third kappa shape index (κ3) is 2.67. The number of aliphatic hydroxyl groups is 1. The van der Waals surface area contributed by atoms with Crippen molar-refractivity contribution in [3.63, 3.8) is 0 Å². The van der Waals surface area contributed by atoms with E-state index in [0.29, 0.717) is 25.9 Å². The molecule has 0 aromatic heterocycles. The van der Waals surface area contributed by atoms with Crippen LogP contribution in [0.25, 0.3) is 0 Å². The summed E-state index contributed by atoms with van der Waals surface area (Å²) >= 11 is 5.10. The third-order valence-corrected chi connectivity index (χ3v) is 4.67. The first-order valence-corrected chi connectivity index (χ1v) is 7.07. The zero-order chi connectivity index (χ0) is 13.9. The first-order valence-electron chi connectivity index (χ1n) is 6.66. The minimum absolute atomic E-state index is 0.0307. The standard InChI is InChI=1S/C13H24N2O2S/c1-4-13(5-2,11(14)18)12(17)15-7-6-10(8-15)9(3)16/h9-10,16H,4-8H2,1-3H3,(H2,14,18). The van der Waals surface area contributed by atoms with Gasteiger partial charge in [0.1, 0.15) is 0 Å². The molecule has 0 aromatic rings. The Balaban J connectivity index is 2.83. The number of hydrogen-bond donors (Lipinski definition) is 2. The van der Waals surface area contributed by atoms with Gasteiger partial charge in [-0.1, -0.05) is 26.1 Å². The van der Waals surface area contributed by atoms with Crippen LogP contribution in [-0.4, -0.2) is 40.1 Å². The van der Waals surface area contributed by atoms with Gasteiger partial charge >= 0.3 is 0 Å². The van der Waals surface area contributed by atoms with Crippen molar-refractivity contribution in [3.8, 4) is 0 Å². The highest BCUT2D eigenvalue weighted by Gasteiger charge is 2.43. The molecule has 0 bridgehead atoms. The van der Waals surface area contributed by atoms with Gasteiger partial charge in [-0.2, -0.15) is 0 Å². The predicted molar refractivity (Wildman–Crippen MR) is 76.2 cm³/mol. The van der Waals surface area contributed by atoms with E-state index in [4.69, 9.17) is 18.0 Å². The van der Waals surface area contributed by atoms with Gasteiger partial charge < -0.3 is 15.7 Å². The van der Waals surface area contributed by atoms with E-state index in [1.165, 1.54) is 0 Å². The minimum Gasteiger partial charge on any atom is -0.393 e. The van der Waals surface area contributed by atoms with Crippen LogP contribution in [-0.2, 0) is 4.79 Å². The molecule has 4 nitrogen and oxygen atoms in total. The lowest BCUT2D eigenvalue weighted by Crippen LogP contribution is -2.49. The highest BCUT2D eigenvalue weighted by molar-refractivity contribution is 7.80. The van der Waals surface area contributed by atoms with Crippen LogP contribution in [0.4, 0.5) is 0 Å². The van der Waals surface area contributed by atoms with Crippen LogP contribution in [0.5, 0.6) is 0 Å². The molecule has 5 heteroatoms. The molecule has 2 unspecified atom stereocenters. The zero-order valence-corrected chi connectivity index (χ0v) is 12.3. The highest BCUT2D eigenvalue weighted by Crippen LogP contribution is 2.32. The van der Waals surface area contributed by atoms with Crippen LogP contribution >= 0.6 is 12.2 Å². The number of likely N-dealkylation sites (tertiary alicyclic amines) is 1. The maximum absolute atomic E-state index is 12.6. The summed E-state index contributed by atoms with van der Waals surface area (Å²) in [4.78, 5) is 14.7. The van der Waals surface area contributed by atoms with Crippen molar-refractivity contribution in [3.05, 3.63) is 0 Å². The summed E-state index contributed by atoms with van der Waals surface area (Å²) < 4.78 is 0.